The molecule has 0 aliphatic carbocycles. The van der Waals surface area contributed by atoms with Crippen molar-refractivity contribution in [2.24, 2.45) is 0 Å². The molecule has 0 radical (unpaired) electrons. The number of nitrogens with one attached hydrogen (secondary N) is 1. The first kappa shape index (κ1) is 18.9. The Labute approximate surface area is 156 Å². The van der Waals surface area contributed by atoms with Gasteiger partial charge in [-0.15, -0.1) is 0 Å². The number of anilines is 1. The van der Waals surface area contributed by atoms with Crippen molar-refractivity contribution in [2.75, 3.05) is 44.2 Å². The van der Waals surface area contributed by atoms with Crippen LogP contribution in [0.15, 0.2) is 54.6 Å². The molecule has 1 aliphatic rings. The predicted octanol–water partition coefficient (Wildman–Crippen LogP) is 2.24. The van der Waals surface area contributed by atoms with Gasteiger partial charge in [0.15, 0.2) is 0 Å². The minimum Gasteiger partial charge on any atom is -0.369 e. The molecule has 5 nitrogen and oxygen atoms in total. The van der Waals surface area contributed by atoms with Crippen LogP contribution in [0.1, 0.15) is 11.1 Å². The summed E-state index contributed by atoms with van der Waals surface area (Å²) in [6, 6.07) is 18.0. The highest BCUT2D eigenvalue weighted by atomic mass is 32.2. The van der Waals surface area contributed by atoms with Gasteiger partial charge in [-0.1, -0.05) is 42.5 Å². The summed E-state index contributed by atoms with van der Waals surface area (Å²) in [6.07, 6.45) is 0. The van der Waals surface area contributed by atoms with Crippen molar-refractivity contribution in [1.82, 2.24) is 9.62 Å². The van der Waals surface area contributed by atoms with E-state index < -0.39 is 10.0 Å². The predicted molar refractivity (Wildman–Crippen MR) is 107 cm³/mol. The van der Waals surface area contributed by atoms with Crippen LogP contribution < -0.4 is 9.62 Å². The average Bonchev–Trinajstić information content (AvgIpc) is 2.65. The SMILES string of the molecule is Cc1ccccc1CS(=O)(=O)NCCN1CCN(c2ccccc2)CC1. The van der Waals surface area contributed by atoms with Gasteiger partial charge in [0.25, 0.3) is 0 Å². The Morgan fingerprint density at radius 1 is 0.923 bits per heavy atom. The standard InChI is InChI=1S/C20H27N3O2S/c1-18-7-5-6-8-19(18)17-26(24,25)21-11-12-22-13-15-23(16-14-22)20-9-3-2-4-10-20/h2-10,21H,11-17H2,1H3. The lowest BCUT2D eigenvalue weighted by Gasteiger charge is -2.36. The van der Waals surface area contributed by atoms with Crippen LogP contribution in [0.3, 0.4) is 0 Å². The average molecular weight is 374 g/mol. The van der Waals surface area contributed by atoms with Gasteiger partial charge in [-0.3, -0.25) is 4.90 Å². The Morgan fingerprint density at radius 2 is 1.58 bits per heavy atom. The fraction of sp³-hybridized carbons (Fsp3) is 0.400. The number of rotatable bonds is 7. The first-order chi connectivity index (χ1) is 12.5. The quantitative estimate of drug-likeness (QED) is 0.809. The highest BCUT2D eigenvalue weighted by molar-refractivity contribution is 7.88. The summed E-state index contributed by atoms with van der Waals surface area (Å²) in [5, 5.41) is 0. The van der Waals surface area contributed by atoms with E-state index in [2.05, 4.69) is 38.8 Å². The molecule has 6 heteroatoms. The van der Waals surface area contributed by atoms with Crippen LogP contribution in [0.2, 0.25) is 0 Å². The lowest BCUT2D eigenvalue weighted by molar-refractivity contribution is 0.262. The minimum absolute atomic E-state index is 0.0431. The van der Waals surface area contributed by atoms with Crippen molar-refractivity contribution in [1.29, 1.82) is 0 Å². The molecule has 2 aromatic carbocycles. The zero-order valence-electron chi connectivity index (χ0n) is 15.3. The maximum atomic E-state index is 12.3. The van der Waals surface area contributed by atoms with E-state index in [9.17, 15) is 8.42 Å². The molecular formula is C20H27N3O2S. The van der Waals surface area contributed by atoms with Gasteiger partial charge in [0.1, 0.15) is 0 Å². The first-order valence-electron chi connectivity index (χ1n) is 9.08. The molecule has 1 saturated heterocycles. The maximum Gasteiger partial charge on any atom is 0.215 e. The molecule has 0 unspecified atom stereocenters. The van der Waals surface area contributed by atoms with Crippen LogP contribution >= 0.6 is 0 Å². The van der Waals surface area contributed by atoms with E-state index in [0.29, 0.717) is 6.54 Å². The fourth-order valence-electron chi connectivity index (χ4n) is 3.26. The number of nitrogens with zero attached hydrogens (tertiary/aromatic N) is 2. The van der Waals surface area contributed by atoms with Crippen molar-refractivity contribution in [3.05, 3.63) is 65.7 Å². The van der Waals surface area contributed by atoms with Gasteiger partial charge >= 0.3 is 0 Å². The number of hydrogen-bond acceptors (Lipinski definition) is 4. The number of para-hydroxylation sites is 1. The highest BCUT2D eigenvalue weighted by Crippen LogP contribution is 2.15. The zero-order valence-corrected chi connectivity index (χ0v) is 16.1. The van der Waals surface area contributed by atoms with Gasteiger partial charge in [0, 0.05) is 45.0 Å². The first-order valence-corrected chi connectivity index (χ1v) is 10.7. The second kappa shape index (κ2) is 8.66. The Balaban J connectivity index is 1.42. The molecule has 3 rings (SSSR count). The maximum absolute atomic E-state index is 12.3. The highest BCUT2D eigenvalue weighted by Gasteiger charge is 2.18. The van der Waals surface area contributed by atoms with Gasteiger partial charge in [-0.05, 0) is 30.2 Å². The van der Waals surface area contributed by atoms with Crippen molar-refractivity contribution < 1.29 is 8.42 Å². The van der Waals surface area contributed by atoms with Crippen LogP contribution in [-0.2, 0) is 15.8 Å². The van der Waals surface area contributed by atoms with E-state index in [1.54, 1.807) is 0 Å². The summed E-state index contributed by atoms with van der Waals surface area (Å²) in [4.78, 5) is 4.69. The Morgan fingerprint density at radius 3 is 2.27 bits per heavy atom. The molecule has 1 heterocycles. The molecule has 1 aliphatic heterocycles. The second-order valence-electron chi connectivity index (χ2n) is 6.74. The van der Waals surface area contributed by atoms with Gasteiger partial charge in [-0.2, -0.15) is 0 Å². The van der Waals surface area contributed by atoms with E-state index in [4.69, 9.17) is 0 Å². The van der Waals surface area contributed by atoms with Crippen molar-refractivity contribution >= 4 is 15.7 Å². The molecule has 2 aromatic rings. The molecular weight excluding hydrogens is 346 g/mol. The number of hydrogen-bond donors (Lipinski definition) is 1. The van der Waals surface area contributed by atoms with E-state index in [1.165, 1.54) is 5.69 Å². The van der Waals surface area contributed by atoms with E-state index in [0.717, 1.165) is 43.9 Å². The summed E-state index contributed by atoms with van der Waals surface area (Å²) in [7, 11) is -3.30. The monoisotopic (exact) mass is 373 g/mol. The Bertz CT molecular complexity index is 801. The molecule has 1 fully saturated rings. The largest absolute Gasteiger partial charge is 0.369 e. The Hall–Kier alpha value is -1.89. The van der Waals surface area contributed by atoms with Crippen molar-refractivity contribution in [3.63, 3.8) is 0 Å². The molecule has 26 heavy (non-hydrogen) atoms. The van der Waals surface area contributed by atoms with Crippen molar-refractivity contribution in [2.45, 2.75) is 12.7 Å². The van der Waals surface area contributed by atoms with Gasteiger partial charge in [0.2, 0.25) is 10.0 Å². The lowest BCUT2D eigenvalue weighted by atomic mass is 10.1. The lowest BCUT2D eigenvalue weighted by Crippen LogP contribution is -2.48. The topological polar surface area (TPSA) is 52.7 Å². The van der Waals surface area contributed by atoms with Crippen LogP contribution in [0.5, 0.6) is 0 Å². The molecule has 0 saturated carbocycles. The van der Waals surface area contributed by atoms with Gasteiger partial charge < -0.3 is 4.90 Å². The number of piperazine rings is 1. The summed E-state index contributed by atoms with van der Waals surface area (Å²) < 4.78 is 27.3. The molecule has 0 amide bonds. The number of benzene rings is 2. The summed E-state index contributed by atoms with van der Waals surface area (Å²) >= 11 is 0. The van der Waals surface area contributed by atoms with Crippen LogP contribution in [0.25, 0.3) is 0 Å². The van der Waals surface area contributed by atoms with Gasteiger partial charge in [-0.25, -0.2) is 13.1 Å². The Kier molecular flexibility index (Phi) is 6.29. The molecule has 0 atom stereocenters. The van der Waals surface area contributed by atoms with Crippen LogP contribution in [0.4, 0.5) is 5.69 Å². The third-order valence-corrected chi connectivity index (χ3v) is 6.19. The fourth-order valence-corrected chi connectivity index (χ4v) is 4.49. The zero-order chi connectivity index (χ0) is 18.4. The van der Waals surface area contributed by atoms with Crippen molar-refractivity contribution in [3.8, 4) is 0 Å². The molecule has 0 aromatic heterocycles. The van der Waals surface area contributed by atoms with E-state index >= 15 is 0 Å². The third-order valence-electron chi connectivity index (χ3n) is 4.85. The summed E-state index contributed by atoms with van der Waals surface area (Å²) in [5.41, 5.74) is 3.12. The summed E-state index contributed by atoms with van der Waals surface area (Å²) in [5.74, 6) is 0.0431. The number of sulfonamides is 1. The van der Waals surface area contributed by atoms with E-state index in [-0.39, 0.29) is 5.75 Å². The van der Waals surface area contributed by atoms with E-state index in [1.807, 2.05) is 37.3 Å². The molecule has 0 spiro atoms. The number of aryl methyl sites for hydroxylation is 1. The van der Waals surface area contributed by atoms with Crippen LogP contribution in [-0.4, -0.2) is 52.6 Å². The third kappa shape index (κ3) is 5.30. The van der Waals surface area contributed by atoms with Crippen LogP contribution in [0, 0.1) is 6.92 Å². The normalized spacial score (nSPS) is 16.0. The van der Waals surface area contributed by atoms with Gasteiger partial charge in [0.05, 0.1) is 5.75 Å². The molecule has 1 N–H and O–H groups in total. The molecule has 0 bridgehead atoms. The minimum atomic E-state index is -3.30. The molecule has 140 valence electrons. The second-order valence-corrected chi connectivity index (χ2v) is 8.55. The summed E-state index contributed by atoms with van der Waals surface area (Å²) in [6.45, 7) is 7.00. The smallest absolute Gasteiger partial charge is 0.215 e.